The minimum absolute atomic E-state index is 0. The Morgan fingerprint density at radius 3 is 2.46 bits per heavy atom. The highest BCUT2D eigenvalue weighted by atomic mass is 127. The van der Waals surface area contributed by atoms with E-state index in [4.69, 9.17) is 11.5 Å². The van der Waals surface area contributed by atoms with Crippen molar-refractivity contribution in [3.05, 3.63) is 41.6 Å². The lowest BCUT2D eigenvalue weighted by molar-refractivity contribution is 0.428. The molecular weight excluding hydrogens is 465 g/mol. The van der Waals surface area contributed by atoms with Crippen molar-refractivity contribution in [1.29, 1.82) is 5.26 Å². The number of likely N-dealkylation sites (tertiary alicyclic amines) is 1. The number of nitrogens with zero attached hydrogens (tertiary/aromatic N) is 5. The van der Waals surface area contributed by atoms with Crippen LogP contribution in [0.4, 0.5) is 5.82 Å². The van der Waals surface area contributed by atoms with E-state index in [9.17, 15) is 5.26 Å². The fraction of sp³-hybridized carbons (Fsp3) is 0.450. The molecule has 0 bridgehead atoms. The maximum atomic E-state index is 9.46. The van der Waals surface area contributed by atoms with Gasteiger partial charge in [-0.05, 0) is 37.8 Å². The van der Waals surface area contributed by atoms with Crippen molar-refractivity contribution < 1.29 is 0 Å². The number of halogens is 1. The first-order chi connectivity index (χ1) is 13.2. The van der Waals surface area contributed by atoms with Crippen molar-refractivity contribution in [2.24, 2.45) is 10.7 Å². The van der Waals surface area contributed by atoms with Gasteiger partial charge in [-0.2, -0.15) is 10.4 Å². The summed E-state index contributed by atoms with van der Waals surface area (Å²) in [7, 11) is 0. The van der Waals surface area contributed by atoms with E-state index in [1.807, 2.05) is 30.3 Å². The predicted octanol–water partition coefficient (Wildman–Crippen LogP) is 3.07. The zero-order valence-electron chi connectivity index (χ0n) is 16.0. The standard InChI is InChI=1S/C20H27N7.HI/c21-15-17-18(25-27(19(17)22)16-9-4-3-5-10-16)11-8-12-24-20(23)26-13-6-1-2-7-14-26;/h3-5,9-10H,1-2,6-8,11-14,22H2,(H2,23,24);1H. The molecule has 1 aromatic heterocycles. The van der Waals surface area contributed by atoms with Gasteiger partial charge in [0.1, 0.15) is 17.5 Å². The molecule has 1 fully saturated rings. The first-order valence-corrected chi connectivity index (χ1v) is 9.58. The summed E-state index contributed by atoms with van der Waals surface area (Å²) < 4.78 is 1.63. The molecule has 0 aliphatic carbocycles. The number of guanidine groups is 1. The van der Waals surface area contributed by atoms with Crippen LogP contribution < -0.4 is 11.5 Å². The van der Waals surface area contributed by atoms with Crippen LogP contribution in [0.2, 0.25) is 0 Å². The fourth-order valence-corrected chi connectivity index (χ4v) is 3.38. The molecule has 0 saturated carbocycles. The van der Waals surface area contributed by atoms with Gasteiger partial charge in [0.15, 0.2) is 5.96 Å². The molecule has 150 valence electrons. The number of para-hydroxylation sites is 1. The molecule has 0 unspecified atom stereocenters. The number of nitriles is 1. The number of aliphatic imine (C=N–C) groups is 1. The molecule has 0 spiro atoms. The Kier molecular flexibility index (Phi) is 8.57. The zero-order chi connectivity index (χ0) is 19.1. The number of benzene rings is 1. The number of hydrogen-bond donors (Lipinski definition) is 2. The summed E-state index contributed by atoms with van der Waals surface area (Å²) in [6.07, 6.45) is 6.31. The Labute approximate surface area is 183 Å². The van der Waals surface area contributed by atoms with Crippen LogP contribution in [0.15, 0.2) is 35.3 Å². The van der Waals surface area contributed by atoms with Crippen molar-refractivity contribution in [3.8, 4) is 11.8 Å². The molecule has 1 saturated heterocycles. The second kappa shape index (κ2) is 10.9. The highest BCUT2D eigenvalue weighted by Gasteiger charge is 2.16. The fourth-order valence-electron chi connectivity index (χ4n) is 3.38. The summed E-state index contributed by atoms with van der Waals surface area (Å²) in [6, 6.07) is 11.8. The SMILES string of the molecule is I.N#Cc1c(CCCN=C(N)N2CCCCCC2)nn(-c2ccccc2)c1N. The molecule has 1 aliphatic heterocycles. The lowest BCUT2D eigenvalue weighted by atomic mass is 10.1. The Bertz CT molecular complexity index is 815. The topological polar surface area (TPSA) is 109 Å². The second-order valence-corrected chi connectivity index (χ2v) is 6.81. The summed E-state index contributed by atoms with van der Waals surface area (Å²) in [4.78, 5) is 6.70. The molecule has 2 aromatic rings. The van der Waals surface area contributed by atoms with E-state index in [1.54, 1.807) is 4.68 Å². The molecule has 0 atom stereocenters. The van der Waals surface area contributed by atoms with Gasteiger partial charge in [0.2, 0.25) is 0 Å². The highest BCUT2D eigenvalue weighted by molar-refractivity contribution is 14.0. The van der Waals surface area contributed by atoms with Crippen LogP contribution in [-0.2, 0) is 6.42 Å². The maximum Gasteiger partial charge on any atom is 0.191 e. The number of aromatic nitrogens is 2. The number of nitrogens with two attached hydrogens (primary N) is 2. The molecule has 7 nitrogen and oxygen atoms in total. The van der Waals surface area contributed by atoms with Crippen molar-refractivity contribution in [3.63, 3.8) is 0 Å². The van der Waals surface area contributed by atoms with E-state index in [1.165, 1.54) is 25.7 Å². The van der Waals surface area contributed by atoms with E-state index in [0.29, 0.717) is 36.0 Å². The molecule has 1 aliphatic rings. The Morgan fingerprint density at radius 1 is 1.14 bits per heavy atom. The van der Waals surface area contributed by atoms with Gasteiger partial charge < -0.3 is 16.4 Å². The Hall–Kier alpha value is -2.28. The van der Waals surface area contributed by atoms with Crippen LogP contribution in [0.3, 0.4) is 0 Å². The number of hydrogen-bond acceptors (Lipinski definition) is 4. The van der Waals surface area contributed by atoms with Gasteiger partial charge >= 0.3 is 0 Å². The lowest BCUT2D eigenvalue weighted by Crippen LogP contribution is -2.38. The van der Waals surface area contributed by atoms with Crippen molar-refractivity contribution >= 4 is 35.8 Å². The number of nitrogen functional groups attached to an aromatic ring is 1. The summed E-state index contributed by atoms with van der Waals surface area (Å²) >= 11 is 0. The smallest absolute Gasteiger partial charge is 0.191 e. The van der Waals surface area contributed by atoms with E-state index in [-0.39, 0.29) is 24.0 Å². The average Bonchev–Trinajstić information content (AvgIpc) is 2.87. The quantitative estimate of drug-likeness (QED) is 0.288. The molecule has 1 aromatic carbocycles. The van der Waals surface area contributed by atoms with Crippen LogP contribution in [0, 0.1) is 11.3 Å². The van der Waals surface area contributed by atoms with E-state index < -0.39 is 0 Å². The summed E-state index contributed by atoms with van der Waals surface area (Å²) in [5, 5.41) is 14.0. The Balaban J connectivity index is 0.00000280. The van der Waals surface area contributed by atoms with Gasteiger partial charge in [-0.1, -0.05) is 31.0 Å². The molecule has 28 heavy (non-hydrogen) atoms. The third kappa shape index (κ3) is 5.38. The van der Waals surface area contributed by atoms with Crippen molar-refractivity contribution in [1.82, 2.24) is 14.7 Å². The van der Waals surface area contributed by atoms with Crippen LogP contribution in [0.25, 0.3) is 5.69 Å². The van der Waals surface area contributed by atoms with Gasteiger partial charge in [0.25, 0.3) is 0 Å². The van der Waals surface area contributed by atoms with Crippen molar-refractivity contribution in [2.45, 2.75) is 38.5 Å². The zero-order valence-corrected chi connectivity index (χ0v) is 18.4. The lowest BCUT2D eigenvalue weighted by Gasteiger charge is -2.21. The molecule has 3 rings (SSSR count). The van der Waals surface area contributed by atoms with Crippen molar-refractivity contribution in [2.75, 3.05) is 25.4 Å². The van der Waals surface area contributed by atoms with Gasteiger partial charge in [-0.15, -0.1) is 24.0 Å². The monoisotopic (exact) mass is 493 g/mol. The van der Waals surface area contributed by atoms with Crippen LogP contribution in [0.1, 0.15) is 43.4 Å². The van der Waals surface area contributed by atoms with Crippen LogP contribution >= 0.6 is 24.0 Å². The molecule has 2 heterocycles. The van der Waals surface area contributed by atoms with Crippen LogP contribution in [0.5, 0.6) is 0 Å². The average molecular weight is 493 g/mol. The molecule has 4 N–H and O–H groups in total. The van der Waals surface area contributed by atoms with Gasteiger partial charge in [-0.25, -0.2) is 4.68 Å². The molecule has 0 amide bonds. The first kappa shape index (κ1) is 22.0. The third-order valence-corrected chi connectivity index (χ3v) is 4.88. The molecule has 0 radical (unpaired) electrons. The van der Waals surface area contributed by atoms with E-state index in [2.05, 4.69) is 21.1 Å². The van der Waals surface area contributed by atoms with E-state index in [0.717, 1.165) is 25.2 Å². The van der Waals surface area contributed by atoms with Gasteiger partial charge in [0, 0.05) is 19.6 Å². The molecular formula is C20H28IN7. The minimum Gasteiger partial charge on any atom is -0.382 e. The van der Waals surface area contributed by atoms with Gasteiger partial charge in [0.05, 0.1) is 11.4 Å². The first-order valence-electron chi connectivity index (χ1n) is 9.58. The second-order valence-electron chi connectivity index (χ2n) is 6.81. The maximum absolute atomic E-state index is 9.46. The third-order valence-electron chi connectivity index (χ3n) is 4.88. The van der Waals surface area contributed by atoms with Crippen LogP contribution in [-0.4, -0.2) is 40.3 Å². The molecule has 8 heteroatoms. The Morgan fingerprint density at radius 2 is 1.82 bits per heavy atom. The number of aryl methyl sites for hydroxylation is 1. The minimum atomic E-state index is 0. The predicted molar refractivity (Wildman–Crippen MR) is 123 cm³/mol. The summed E-state index contributed by atoms with van der Waals surface area (Å²) in [5.41, 5.74) is 14.3. The summed E-state index contributed by atoms with van der Waals surface area (Å²) in [5.74, 6) is 1.01. The highest BCUT2D eigenvalue weighted by Crippen LogP contribution is 2.21. The van der Waals surface area contributed by atoms with Gasteiger partial charge in [-0.3, -0.25) is 4.99 Å². The summed E-state index contributed by atoms with van der Waals surface area (Å²) in [6.45, 7) is 2.60. The largest absolute Gasteiger partial charge is 0.382 e. The number of anilines is 1. The van der Waals surface area contributed by atoms with E-state index >= 15 is 0 Å². The number of rotatable bonds is 5. The normalized spacial score (nSPS) is 14.8.